The zero-order chi connectivity index (χ0) is 21.4. The van der Waals surface area contributed by atoms with E-state index in [4.69, 9.17) is 0 Å². The van der Waals surface area contributed by atoms with Crippen molar-refractivity contribution in [3.63, 3.8) is 0 Å². The van der Waals surface area contributed by atoms with Gasteiger partial charge in [0.1, 0.15) is 11.9 Å². The summed E-state index contributed by atoms with van der Waals surface area (Å²) in [5.41, 5.74) is 2.30. The number of rotatable bonds is 4. The van der Waals surface area contributed by atoms with Gasteiger partial charge in [0, 0.05) is 5.69 Å². The molecule has 1 amide bonds. The fourth-order valence-electron chi connectivity index (χ4n) is 3.46. The van der Waals surface area contributed by atoms with Crippen LogP contribution in [0.1, 0.15) is 24.4 Å². The van der Waals surface area contributed by atoms with Gasteiger partial charge in [-0.15, -0.1) is 0 Å². The minimum atomic E-state index is -0.911. The summed E-state index contributed by atoms with van der Waals surface area (Å²) in [6.07, 6.45) is 0. The van der Waals surface area contributed by atoms with Crippen LogP contribution in [0.5, 0.6) is 0 Å². The third-order valence-electron chi connectivity index (χ3n) is 4.99. The predicted molar refractivity (Wildman–Crippen MR) is 112 cm³/mol. The van der Waals surface area contributed by atoms with E-state index in [-0.39, 0.29) is 5.52 Å². The monoisotopic (exact) mass is 405 g/mol. The summed E-state index contributed by atoms with van der Waals surface area (Å²) in [6, 6.07) is 14.1. The number of para-hydroxylation sites is 1. The van der Waals surface area contributed by atoms with E-state index < -0.39 is 23.3 Å². The number of amides is 1. The van der Waals surface area contributed by atoms with E-state index in [0.717, 1.165) is 16.1 Å². The Hall–Kier alpha value is -3.81. The maximum atomic E-state index is 13.4. The number of carbonyl (C=O) groups is 1. The molecule has 2 aromatic heterocycles. The first-order valence-electron chi connectivity index (χ1n) is 9.47. The van der Waals surface area contributed by atoms with E-state index in [1.165, 1.54) is 18.2 Å². The highest BCUT2D eigenvalue weighted by atomic mass is 19.1. The number of carbonyl (C=O) groups excluding carboxylic acids is 1. The van der Waals surface area contributed by atoms with Crippen molar-refractivity contribution >= 4 is 22.5 Å². The number of nitrogens with one attached hydrogen (secondary N) is 1. The highest BCUT2D eigenvalue weighted by Crippen LogP contribution is 2.22. The molecular formula is C22H20FN5O2. The zero-order valence-electron chi connectivity index (χ0n) is 16.8. The Bertz CT molecular complexity index is 1310. The van der Waals surface area contributed by atoms with Crippen molar-refractivity contribution in [3.8, 4) is 5.69 Å². The van der Waals surface area contributed by atoms with Gasteiger partial charge in [0.15, 0.2) is 5.52 Å². The number of hydrogen-bond donors (Lipinski definition) is 1. The number of halogens is 1. The van der Waals surface area contributed by atoms with E-state index in [9.17, 15) is 14.0 Å². The van der Waals surface area contributed by atoms with Crippen molar-refractivity contribution in [2.24, 2.45) is 0 Å². The molecule has 0 aliphatic heterocycles. The Morgan fingerprint density at radius 2 is 1.80 bits per heavy atom. The Morgan fingerprint density at radius 1 is 1.07 bits per heavy atom. The van der Waals surface area contributed by atoms with Crippen LogP contribution in [-0.4, -0.2) is 25.5 Å². The number of aromatic nitrogens is 4. The second-order valence-electron chi connectivity index (χ2n) is 7.07. The molecule has 30 heavy (non-hydrogen) atoms. The summed E-state index contributed by atoms with van der Waals surface area (Å²) < 4.78 is 16.2. The van der Waals surface area contributed by atoms with Crippen LogP contribution in [0.25, 0.3) is 16.6 Å². The molecule has 2 heterocycles. The molecule has 0 saturated heterocycles. The van der Waals surface area contributed by atoms with E-state index in [2.05, 4.69) is 15.5 Å². The Balaban J connectivity index is 1.76. The smallest absolute Gasteiger partial charge is 0.295 e. The van der Waals surface area contributed by atoms with Crippen LogP contribution >= 0.6 is 0 Å². The van der Waals surface area contributed by atoms with Gasteiger partial charge in [-0.1, -0.05) is 24.3 Å². The third kappa shape index (κ3) is 3.36. The fourth-order valence-corrected chi connectivity index (χ4v) is 3.46. The molecule has 152 valence electrons. The first kappa shape index (κ1) is 19.5. The molecule has 4 rings (SSSR count). The van der Waals surface area contributed by atoms with Crippen molar-refractivity contribution in [1.82, 2.24) is 19.6 Å². The fraction of sp³-hybridized carbons (Fsp3) is 0.182. The Labute approximate surface area is 171 Å². The van der Waals surface area contributed by atoms with Gasteiger partial charge < -0.3 is 5.32 Å². The van der Waals surface area contributed by atoms with Crippen LogP contribution in [0.15, 0.2) is 59.4 Å². The average molecular weight is 405 g/mol. The van der Waals surface area contributed by atoms with Gasteiger partial charge in [-0.3, -0.25) is 9.59 Å². The van der Waals surface area contributed by atoms with Crippen LogP contribution in [0.4, 0.5) is 10.1 Å². The van der Waals surface area contributed by atoms with E-state index in [1.807, 2.05) is 37.3 Å². The lowest BCUT2D eigenvalue weighted by Crippen LogP contribution is -2.34. The number of hydrogen-bond acceptors (Lipinski definition) is 4. The van der Waals surface area contributed by atoms with Gasteiger partial charge in [-0.05, 0) is 51.1 Å². The van der Waals surface area contributed by atoms with Crippen molar-refractivity contribution < 1.29 is 9.18 Å². The SMILES string of the molecule is Cc1nn(C(C)C(=O)Nc2cccc(F)c2)c(=O)c2nn(-c3ccccc3)c(C)c12. The average Bonchev–Trinajstić information content (AvgIpc) is 3.09. The van der Waals surface area contributed by atoms with Gasteiger partial charge in [-0.2, -0.15) is 10.2 Å². The van der Waals surface area contributed by atoms with Gasteiger partial charge in [0.05, 0.1) is 22.5 Å². The van der Waals surface area contributed by atoms with Gasteiger partial charge in [0.2, 0.25) is 5.91 Å². The molecule has 4 aromatic rings. The highest BCUT2D eigenvalue weighted by Gasteiger charge is 2.23. The molecule has 1 atom stereocenters. The largest absolute Gasteiger partial charge is 0.324 e. The number of nitrogens with zero attached hydrogens (tertiary/aromatic N) is 4. The van der Waals surface area contributed by atoms with Gasteiger partial charge >= 0.3 is 0 Å². The van der Waals surface area contributed by atoms with E-state index in [0.29, 0.717) is 16.8 Å². The molecule has 2 aromatic carbocycles. The lowest BCUT2D eigenvalue weighted by molar-refractivity contribution is -0.119. The second kappa shape index (κ2) is 7.55. The van der Waals surface area contributed by atoms with Crippen molar-refractivity contribution in [2.75, 3.05) is 5.32 Å². The van der Waals surface area contributed by atoms with Gasteiger partial charge in [-0.25, -0.2) is 13.8 Å². The van der Waals surface area contributed by atoms with Crippen LogP contribution in [0.2, 0.25) is 0 Å². The van der Waals surface area contributed by atoms with E-state index >= 15 is 0 Å². The predicted octanol–water partition coefficient (Wildman–Crippen LogP) is 3.54. The topological polar surface area (TPSA) is 81.8 Å². The lowest BCUT2D eigenvalue weighted by atomic mass is 10.2. The van der Waals surface area contributed by atoms with Crippen LogP contribution in [-0.2, 0) is 4.79 Å². The zero-order valence-corrected chi connectivity index (χ0v) is 16.8. The second-order valence-corrected chi connectivity index (χ2v) is 7.07. The molecule has 1 N–H and O–H groups in total. The summed E-state index contributed by atoms with van der Waals surface area (Å²) in [5.74, 6) is -0.942. The lowest BCUT2D eigenvalue weighted by Gasteiger charge is -2.15. The van der Waals surface area contributed by atoms with Crippen molar-refractivity contribution in [3.05, 3.63) is 82.2 Å². The number of anilines is 1. The quantitative estimate of drug-likeness (QED) is 0.563. The molecule has 0 saturated carbocycles. The normalized spacial score (nSPS) is 12.1. The third-order valence-corrected chi connectivity index (χ3v) is 4.99. The number of fused-ring (bicyclic) bond motifs is 1. The molecule has 8 heteroatoms. The molecule has 0 aliphatic carbocycles. The Kier molecular flexibility index (Phi) is 4.91. The summed E-state index contributed by atoms with van der Waals surface area (Å²) >= 11 is 0. The van der Waals surface area contributed by atoms with Crippen molar-refractivity contribution in [2.45, 2.75) is 26.8 Å². The molecule has 0 spiro atoms. The summed E-state index contributed by atoms with van der Waals surface area (Å²) in [5, 5.41) is 12.1. The standard InChI is InChI=1S/C22H20FN5O2/c1-13-19-14(2)27(18-10-5-4-6-11-18)26-20(19)22(30)28(25-13)15(3)21(29)24-17-9-7-8-16(23)12-17/h4-12,15H,1-3H3,(H,24,29). The minimum absolute atomic E-state index is 0.245. The summed E-state index contributed by atoms with van der Waals surface area (Å²) in [6.45, 7) is 5.22. The molecule has 7 nitrogen and oxygen atoms in total. The maximum Gasteiger partial charge on any atom is 0.295 e. The minimum Gasteiger partial charge on any atom is -0.324 e. The van der Waals surface area contributed by atoms with Crippen LogP contribution < -0.4 is 10.9 Å². The van der Waals surface area contributed by atoms with Crippen LogP contribution in [0, 0.1) is 19.7 Å². The van der Waals surface area contributed by atoms with Crippen LogP contribution in [0.3, 0.4) is 0 Å². The molecule has 0 aliphatic rings. The first-order chi connectivity index (χ1) is 14.4. The Morgan fingerprint density at radius 3 is 2.50 bits per heavy atom. The molecule has 0 radical (unpaired) electrons. The van der Waals surface area contributed by atoms with Gasteiger partial charge in [0.25, 0.3) is 5.56 Å². The summed E-state index contributed by atoms with van der Waals surface area (Å²) in [4.78, 5) is 25.8. The van der Waals surface area contributed by atoms with Crippen molar-refractivity contribution in [1.29, 1.82) is 0 Å². The highest BCUT2D eigenvalue weighted by molar-refractivity contribution is 5.93. The first-order valence-corrected chi connectivity index (χ1v) is 9.47. The molecular weight excluding hydrogens is 385 g/mol. The number of aryl methyl sites for hydroxylation is 2. The molecule has 0 bridgehead atoms. The van der Waals surface area contributed by atoms with E-state index in [1.54, 1.807) is 24.6 Å². The summed E-state index contributed by atoms with van der Waals surface area (Å²) in [7, 11) is 0. The number of benzene rings is 2. The molecule has 0 fully saturated rings. The molecule has 1 unspecified atom stereocenters. The maximum absolute atomic E-state index is 13.4.